The molecule has 4 rings (SSSR count). The van der Waals surface area contributed by atoms with Gasteiger partial charge in [0.15, 0.2) is 0 Å². The molecule has 0 radical (unpaired) electrons. The Balaban J connectivity index is 1.76. The van der Waals surface area contributed by atoms with Crippen molar-refractivity contribution in [2.45, 2.75) is 26.8 Å². The molecule has 4 nitrogen and oxygen atoms in total. The van der Waals surface area contributed by atoms with Crippen molar-refractivity contribution in [1.29, 1.82) is 0 Å². The number of carbonyl (C=O) groups excluding carboxylic acids is 1. The number of amides is 1. The minimum absolute atomic E-state index is 0.0199. The van der Waals surface area contributed by atoms with E-state index in [1.54, 1.807) is 11.3 Å². The zero-order chi connectivity index (χ0) is 21.3. The van der Waals surface area contributed by atoms with Gasteiger partial charge in [-0.3, -0.25) is 9.69 Å². The number of likely N-dealkylation sites (N-methyl/N-ethyl adjacent to an activating group) is 1. The number of anilines is 1. The number of thiophene rings is 2. The number of nitrogens with zero attached hydrogens (tertiary/aromatic N) is 2. The Bertz CT molecular complexity index is 1000. The second kappa shape index (κ2) is 9.02. The monoisotopic (exact) mass is 439 g/mol. The zero-order valence-corrected chi connectivity index (χ0v) is 19.7. The van der Waals surface area contributed by atoms with E-state index in [2.05, 4.69) is 67.2 Å². The number of benzene rings is 1. The van der Waals surface area contributed by atoms with Crippen molar-refractivity contribution >= 4 is 33.6 Å². The summed E-state index contributed by atoms with van der Waals surface area (Å²) in [5, 5.41) is 6.16. The van der Waals surface area contributed by atoms with Crippen LogP contribution >= 0.6 is 22.7 Å². The van der Waals surface area contributed by atoms with E-state index >= 15 is 0 Å². The summed E-state index contributed by atoms with van der Waals surface area (Å²) in [6.45, 7) is 10.6. The van der Waals surface area contributed by atoms with Crippen molar-refractivity contribution in [2.75, 3.05) is 38.5 Å². The first kappa shape index (κ1) is 21.2. The molecule has 158 valence electrons. The molecule has 1 saturated heterocycles. The Kier molecular flexibility index (Phi) is 6.39. The molecule has 30 heavy (non-hydrogen) atoms. The average molecular weight is 440 g/mol. The van der Waals surface area contributed by atoms with Gasteiger partial charge >= 0.3 is 0 Å². The largest absolute Gasteiger partial charge is 0.313 e. The van der Waals surface area contributed by atoms with E-state index in [9.17, 15) is 4.79 Å². The Morgan fingerprint density at radius 3 is 2.37 bits per heavy atom. The van der Waals surface area contributed by atoms with Crippen molar-refractivity contribution in [3.63, 3.8) is 0 Å². The van der Waals surface area contributed by atoms with Gasteiger partial charge in [0, 0.05) is 36.6 Å². The third kappa shape index (κ3) is 4.37. The maximum Gasteiger partial charge on any atom is 0.266 e. The average Bonchev–Trinajstić information content (AvgIpc) is 3.36. The van der Waals surface area contributed by atoms with Crippen LogP contribution in [0, 0.1) is 20.8 Å². The molecule has 2 aromatic heterocycles. The quantitative estimate of drug-likeness (QED) is 0.584. The molecule has 0 unspecified atom stereocenters. The number of piperazine rings is 1. The minimum atomic E-state index is -0.0199. The number of nitrogens with one attached hydrogen (secondary N) is 1. The third-order valence-electron chi connectivity index (χ3n) is 5.97. The molecule has 1 amide bonds. The molecule has 6 heteroatoms. The topological polar surface area (TPSA) is 35.6 Å². The fourth-order valence-corrected chi connectivity index (χ4v) is 5.73. The van der Waals surface area contributed by atoms with Crippen LogP contribution < -0.4 is 5.32 Å². The van der Waals surface area contributed by atoms with E-state index in [1.807, 2.05) is 17.5 Å². The predicted octanol–water partition coefficient (Wildman–Crippen LogP) is 5.32. The molecule has 0 spiro atoms. The number of hydrogen-bond donors (Lipinski definition) is 1. The molecule has 0 saturated carbocycles. The summed E-state index contributed by atoms with van der Waals surface area (Å²) in [4.78, 5) is 19.8. The van der Waals surface area contributed by atoms with Gasteiger partial charge in [0.2, 0.25) is 0 Å². The molecule has 1 aromatic carbocycles. The van der Waals surface area contributed by atoms with Crippen molar-refractivity contribution in [1.82, 2.24) is 9.80 Å². The Hall–Kier alpha value is -1.99. The summed E-state index contributed by atoms with van der Waals surface area (Å²) in [5.41, 5.74) is 5.08. The van der Waals surface area contributed by atoms with E-state index in [0.29, 0.717) is 0 Å². The summed E-state index contributed by atoms with van der Waals surface area (Å²) >= 11 is 3.17. The van der Waals surface area contributed by atoms with Crippen molar-refractivity contribution < 1.29 is 4.79 Å². The lowest BCUT2D eigenvalue weighted by molar-refractivity contribution is 0.103. The lowest BCUT2D eigenvalue weighted by Crippen LogP contribution is -2.46. The smallest absolute Gasteiger partial charge is 0.266 e. The van der Waals surface area contributed by atoms with Crippen LogP contribution in [-0.2, 0) is 0 Å². The van der Waals surface area contributed by atoms with Gasteiger partial charge in [-0.15, -0.1) is 22.7 Å². The summed E-state index contributed by atoms with van der Waals surface area (Å²) in [6, 6.07) is 12.8. The van der Waals surface area contributed by atoms with E-state index in [4.69, 9.17) is 0 Å². The summed E-state index contributed by atoms with van der Waals surface area (Å²) in [5.74, 6) is -0.0199. The number of carbonyl (C=O) groups is 1. The molecule has 1 fully saturated rings. The zero-order valence-electron chi connectivity index (χ0n) is 18.1. The highest BCUT2D eigenvalue weighted by Gasteiger charge is 2.31. The number of rotatable bonds is 5. The molecular formula is C24H29N3OS2. The maximum atomic E-state index is 12.9. The van der Waals surface area contributed by atoms with Crippen LogP contribution in [0.5, 0.6) is 0 Å². The molecule has 1 aliphatic rings. The first-order valence-electron chi connectivity index (χ1n) is 10.4. The molecular weight excluding hydrogens is 410 g/mol. The van der Waals surface area contributed by atoms with Crippen LogP contribution in [0.15, 0.2) is 41.8 Å². The van der Waals surface area contributed by atoms with E-state index < -0.39 is 0 Å². The molecule has 1 atom stereocenters. The van der Waals surface area contributed by atoms with Gasteiger partial charge < -0.3 is 10.2 Å². The lowest BCUT2D eigenvalue weighted by atomic mass is 9.93. The first-order chi connectivity index (χ1) is 14.4. The number of hydrogen-bond acceptors (Lipinski definition) is 5. The highest BCUT2D eigenvalue weighted by molar-refractivity contribution is 7.17. The van der Waals surface area contributed by atoms with Gasteiger partial charge in [-0.1, -0.05) is 35.9 Å². The molecule has 0 bridgehead atoms. The van der Waals surface area contributed by atoms with E-state index in [1.165, 1.54) is 38.5 Å². The van der Waals surface area contributed by atoms with Gasteiger partial charge in [0.1, 0.15) is 5.00 Å². The van der Waals surface area contributed by atoms with Crippen molar-refractivity contribution in [2.24, 2.45) is 0 Å². The Morgan fingerprint density at radius 1 is 1.03 bits per heavy atom. The molecule has 1 aliphatic heterocycles. The van der Waals surface area contributed by atoms with Crippen LogP contribution in [0.1, 0.15) is 42.8 Å². The third-order valence-corrected chi connectivity index (χ3v) is 7.98. The SMILES string of the molecule is Cc1ccc([C@H](c2c(NC(=O)c3cccs3)sc(C)c2C)N2CCN(C)CC2)cc1. The Morgan fingerprint density at radius 2 is 1.73 bits per heavy atom. The van der Waals surface area contributed by atoms with E-state index in [-0.39, 0.29) is 11.9 Å². The minimum Gasteiger partial charge on any atom is -0.313 e. The second-order valence-electron chi connectivity index (χ2n) is 8.11. The van der Waals surface area contributed by atoms with Crippen LogP contribution in [0.4, 0.5) is 5.00 Å². The van der Waals surface area contributed by atoms with Crippen LogP contribution in [0.2, 0.25) is 0 Å². The van der Waals surface area contributed by atoms with Crippen LogP contribution in [0.25, 0.3) is 0 Å². The summed E-state index contributed by atoms with van der Waals surface area (Å²) in [6.07, 6.45) is 0. The summed E-state index contributed by atoms with van der Waals surface area (Å²) in [7, 11) is 2.19. The van der Waals surface area contributed by atoms with Gasteiger partial charge in [0.25, 0.3) is 5.91 Å². The predicted molar refractivity (Wildman–Crippen MR) is 128 cm³/mol. The van der Waals surface area contributed by atoms with Crippen LogP contribution in [0.3, 0.4) is 0 Å². The molecule has 3 aromatic rings. The molecule has 1 N–H and O–H groups in total. The molecule has 3 heterocycles. The van der Waals surface area contributed by atoms with Gasteiger partial charge in [-0.05, 0) is 50.4 Å². The lowest BCUT2D eigenvalue weighted by Gasteiger charge is -2.39. The maximum absolute atomic E-state index is 12.9. The van der Waals surface area contributed by atoms with E-state index in [0.717, 1.165) is 36.1 Å². The Labute approximate surface area is 187 Å². The van der Waals surface area contributed by atoms with Crippen molar-refractivity contribution in [3.05, 3.63) is 73.8 Å². The first-order valence-corrected chi connectivity index (χ1v) is 12.1. The van der Waals surface area contributed by atoms with Gasteiger partial charge in [-0.2, -0.15) is 0 Å². The van der Waals surface area contributed by atoms with Crippen molar-refractivity contribution in [3.8, 4) is 0 Å². The summed E-state index contributed by atoms with van der Waals surface area (Å²) < 4.78 is 0. The standard InChI is InChI=1S/C24H29N3OS2/c1-16-7-9-19(10-8-16)22(27-13-11-26(4)12-14-27)21-17(2)18(3)30-24(21)25-23(28)20-6-5-15-29-20/h5-10,15,22H,11-14H2,1-4H3,(H,25,28)/t22-/m1/s1. The second-order valence-corrected chi connectivity index (χ2v) is 10.3. The van der Waals surface area contributed by atoms with Gasteiger partial charge in [0.05, 0.1) is 10.9 Å². The van der Waals surface area contributed by atoms with Crippen LogP contribution in [-0.4, -0.2) is 48.9 Å². The van der Waals surface area contributed by atoms with Gasteiger partial charge in [-0.25, -0.2) is 0 Å². The fraction of sp³-hybridized carbons (Fsp3) is 0.375. The highest BCUT2D eigenvalue weighted by Crippen LogP contribution is 2.42. The highest BCUT2D eigenvalue weighted by atomic mass is 32.1. The fourth-order valence-electron chi connectivity index (χ4n) is 4.03. The molecule has 0 aliphatic carbocycles. The normalized spacial score (nSPS) is 16.5. The number of aryl methyl sites for hydroxylation is 2.